The number of nitrogens with zero attached hydrogens (tertiary/aromatic N) is 5. The predicted octanol–water partition coefficient (Wildman–Crippen LogP) is 3.97. The van der Waals surface area contributed by atoms with Crippen molar-refractivity contribution in [2.24, 2.45) is 0 Å². The third-order valence-electron chi connectivity index (χ3n) is 7.68. The van der Waals surface area contributed by atoms with Gasteiger partial charge in [0.25, 0.3) is 11.8 Å². The quantitative estimate of drug-likeness (QED) is 0.544. The number of benzene rings is 2. The van der Waals surface area contributed by atoms with E-state index in [0.29, 0.717) is 47.8 Å². The molecule has 202 valence electrons. The molecule has 6 rings (SSSR count). The SMILES string of the molecule is CN1C(=O)c2cccc3c2N(CC3)c2nc(Cc3ccc(C(=O)N4CCC(O)CC4)c(C(F)(F)F)c3)ncc21. The summed E-state index contributed by atoms with van der Waals surface area (Å²) < 4.78 is 42.2. The van der Waals surface area contributed by atoms with E-state index < -0.39 is 29.3 Å². The number of aliphatic hydroxyl groups excluding tert-OH is 1. The molecule has 11 heteroatoms. The molecule has 3 aromatic rings. The maximum absolute atomic E-state index is 14.1. The van der Waals surface area contributed by atoms with Gasteiger partial charge in [-0.05, 0) is 48.6 Å². The Kier molecular flexibility index (Phi) is 6.05. The number of fused-ring (bicyclic) bond motifs is 2. The van der Waals surface area contributed by atoms with Crippen LogP contribution in [0.5, 0.6) is 0 Å². The van der Waals surface area contributed by atoms with Gasteiger partial charge in [-0.3, -0.25) is 9.59 Å². The van der Waals surface area contributed by atoms with Gasteiger partial charge < -0.3 is 19.8 Å². The molecule has 0 atom stereocenters. The smallest absolute Gasteiger partial charge is 0.393 e. The van der Waals surface area contributed by atoms with Crippen LogP contribution in [-0.4, -0.2) is 64.6 Å². The first-order valence-corrected chi connectivity index (χ1v) is 12.8. The zero-order valence-corrected chi connectivity index (χ0v) is 21.2. The Balaban J connectivity index is 1.33. The van der Waals surface area contributed by atoms with Crippen LogP contribution in [0, 0.1) is 0 Å². The molecular formula is C28H26F3N5O3. The molecule has 2 aromatic carbocycles. The zero-order valence-electron chi connectivity index (χ0n) is 21.2. The van der Waals surface area contributed by atoms with Gasteiger partial charge in [-0.15, -0.1) is 0 Å². The molecule has 4 heterocycles. The summed E-state index contributed by atoms with van der Waals surface area (Å²) in [5.41, 5.74) is 1.85. The molecule has 1 fully saturated rings. The monoisotopic (exact) mass is 537 g/mol. The second-order valence-corrected chi connectivity index (χ2v) is 10.2. The van der Waals surface area contributed by atoms with E-state index in [1.807, 2.05) is 17.0 Å². The fraction of sp³-hybridized carbons (Fsp3) is 0.357. The molecule has 3 aliphatic rings. The molecule has 0 bridgehead atoms. The van der Waals surface area contributed by atoms with E-state index >= 15 is 0 Å². The molecule has 1 N–H and O–H groups in total. The molecule has 0 unspecified atom stereocenters. The fourth-order valence-corrected chi connectivity index (χ4v) is 5.60. The Bertz CT molecular complexity index is 1480. The van der Waals surface area contributed by atoms with Crippen molar-refractivity contribution < 1.29 is 27.9 Å². The molecule has 2 amide bonds. The largest absolute Gasteiger partial charge is 0.417 e. The Morgan fingerprint density at radius 2 is 1.90 bits per heavy atom. The summed E-state index contributed by atoms with van der Waals surface area (Å²) in [4.78, 5) is 40.0. The Morgan fingerprint density at radius 1 is 1.13 bits per heavy atom. The minimum Gasteiger partial charge on any atom is -0.393 e. The summed E-state index contributed by atoms with van der Waals surface area (Å²) in [6.07, 6.45) is -2.30. The summed E-state index contributed by atoms with van der Waals surface area (Å²) >= 11 is 0. The maximum atomic E-state index is 14.1. The molecule has 0 saturated carbocycles. The first-order valence-electron chi connectivity index (χ1n) is 12.8. The average molecular weight is 538 g/mol. The van der Waals surface area contributed by atoms with Crippen LogP contribution < -0.4 is 9.80 Å². The maximum Gasteiger partial charge on any atom is 0.417 e. The van der Waals surface area contributed by atoms with Gasteiger partial charge in [-0.2, -0.15) is 13.2 Å². The lowest BCUT2D eigenvalue weighted by Gasteiger charge is -2.30. The van der Waals surface area contributed by atoms with Gasteiger partial charge in [0.05, 0.1) is 34.7 Å². The lowest BCUT2D eigenvalue weighted by atomic mass is 9.99. The van der Waals surface area contributed by atoms with Crippen LogP contribution in [0.1, 0.15) is 56.1 Å². The average Bonchev–Trinajstić information content (AvgIpc) is 3.33. The lowest BCUT2D eigenvalue weighted by molar-refractivity contribution is -0.138. The number of amides is 2. The summed E-state index contributed by atoms with van der Waals surface area (Å²) in [6, 6.07) is 9.31. The van der Waals surface area contributed by atoms with E-state index in [2.05, 4.69) is 4.98 Å². The van der Waals surface area contributed by atoms with Gasteiger partial charge in [-0.25, -0.2) is 9.97 Å². The van der Waals surface area contributed by atoms with Gasteiger partial charge >= 0.3 is 6.18 Å². The van der Waals surface area contributed by atoms with Crippen LogP contribution >= 0.6 is 0 Å². The standard InChI is InChI=1S/C28H26F3N5O3/c1-34-22-15-32-23(33-25(22)36-12-7-17-3-2-4-20(24(17)36)26(34)38)14-16-5-6-19(21(13-16)28(29,30)31)27(39)35-10-8-18(37)9-11-35/h2-6,13,15,18,37H,7-12,14H2,1H3. The van der Waals surface area contributed by atoms with Crippen molar-refractivity contribution in [2.45, 2.75) is 38.0 Å². The molecule has 0 radical (unpaired) electrons. The van der Waals surface area contributed by atoms with Crippen LogP contribution in [0.4, 0.5) is 30.4 Å². The van der Waals surface area contributed by atoms with Crippen molar-refractivity contribution in [3.8, 4) is 0 Å². The van der Waals surface area contributed by atoms with E-state index in [-0.39, 0.29) is 25.4 Å². The summed E-state index contributed by atoms with van der Waals surface area (Å²) in [6.45, 7) is 1.04. The molecule has 1 aromatic heterocycles. The molecular weight excluding hydrogens is 511 g/mol. The number of hydrogen-bond donors (Lipinski definition) is 1. The van der Waals surface area contributed by atoms with E-state index in [1.165, 1.54) is 28.1 Å². The van der Waals surface area contributed by atoms with Gasteiger partial charge in [0.1, 0.15) is 11.5 Å². The highest BCUT2D eigenvalue weighted by Crippen LogP contribution is 2.44. The van der Waals surface area contributed by atoms with Crippen LogP contribution in [0.15, 0.2) is 42.6 Å². The molecule has 3 aliphatic heterocycles. The third-order valence-corrected chi connectivity index (χ3v) is 7.68. The van der Waals surface area contributed by atoms with Crippen LogP contribution in [0.25, 0.3) is 0 Å². The first-order chi connectivity index (χ1) is 18.6. The second-order valence-electron chi connectivity index (χ2n) is 10.2. The highest BCUT2D eigenvalue weighted by Gasteiger charge is 2.38. The summed E-state index contributed by atoms with van der Waals surface area (Å²) in [7, 11) is 1.65. The van der Waals surface area contributed by atoms with Crippen molar-refractivity contribution in [1.82, 2.24) is 14.9 Å². The summed E-state index contributed by atoms with van der Waals surface area (Å²) in [5, 5.41) is 9.69. The fourth-order valence-electron chi connectivity index (χ4n) is 5.60. The van der Waals surface area contributed by atoms with Crippen molar-refractivity contribution >= 4 is 29.0 Å². The minimum absolute atomic E-state index is 0.0146. The number of anilines is 3. The Morgan fingerprint density at radius 3 is 2.64 bits per heavy atom. The number of aromatic nitrogens is 2. The van der Waals surface area contributed by atoms with E-state index in [0.717, 1.165) is 23.7 Å². The van der Waals surface area contributed by atoms with Gasteiger partial charge in [0.15, 0.2) is 5.82 Å². The number of carbonyl (C=O) groups is 2. The van der Waals surface area contributed by atoms with Gasteiger partial charge in [-0.1, -0.05) is 18.2 Å². The molecule has 1 saturated heterocycles. The number of para-hydroxylation sites is 1. The zero-order chi connectivity index (χ0) is 27.5. The number of alkyl halides is 3. The van der Waals surface area contributed by atoms with Crippen molar-refractivity contribution in [2.75, 3.05) is 36.5 Å². The number of rotatable bonds is 3. The highest BCUT2D eigenvalue weighted by molar-refractivity contribution is 6.14. The van der Waals surface area contributed by atoms with Crippen LogP contribution in [-0.2, 0) is 19.0 Å². The minimum atomic E-state index is -4.73. The topological polar surface area (TPSA) is 89.9 Å². The number of aliphatic hydroxyl groups is 1. The number of halogens is 3. The van der Waals surface area contributed by atoms with E-state index in [9.17, 15) is 27.9 Å². The van der Waals surface area contributed by atoms with Crippen molar-refractivity contribution in [3.05, 3.63) is 76.2 Å². The second kappa shape index (κ2) is 9.33. The molecule has 0 spiro atoms. The molecule has 0 aliphatic carbocycles. The third kappa shape index (κ3) is 4.40. The van der Waals surface area contributed by atoms with Gasteiger partial charge in [0.2, 0.25) is 0 Å². The van der Waals surface area contributed by atoms with Crippen molar-refractivity contribution in [3.63, 3.8) is 0 Å². The molecule has 8 nitrogen and oxygen atoms in total. The summed E-state index contributed by atoms with van der Waals surface area (Å²) in [5.74, 6) is -0.0280. The highest BCUT2D eigenvalue weighted by atomic mass is 19.4. The Labute approximate surface area is 222 Å². The number of likely N-dealkylation sites (tertiary alicyclic amines) is 1. The van der Waals surface area contributed by atoms with E-state index in [4.69, 9.17) is 4.98 Å². The van der Waals surface area contributed by atoms with Crippen LogP contribution in [0.2, 0.25) is 0 Å². The number of hydrogen-bond acceptors (Lipinski definition) is 6. The predicted molar refractivity (Wildman–Crippen MR) is 137 cm³/mol. The van der Waals surface area contributed by atoms with Crippen LogP contribution in [0.3, 0.4) is 0 Å². The Hall–Kier alpha value is -3.99. The van der Waals surface area contributed by atoms with E-state index in [1.54, 1.807) is 13.1 Å². The number of carbonyl (C=O) groups excluding carboxylic acids is 2. The molecule has 39 heavy (non-hydrogen) atoms. The van der Waals surface area contributed by atoms with Gasteiger partial charge in [0, 0.05) is 33.1 Å². The normalized spacial score (nSPS) is 17.3. The van der Waals surface area contributed by atoms with Crippen molar-refractivity contribution in [1.29, 1.82) is 0 Å². The lowest BCUT2D eigenvalue weighted by Crippen LogP contribution is -2.40. The number of piperidine rings is 1. The first kappa shape index (κ1) is 25.3.